The molecule has 1 heterocycles. The fraction of sp³-hybridized carbons (Fsp3) is 0.235. The molecule has 2 amide bonds. The van der Waals surface area contributed by atoms with Crippen LogP contribution in [-0.2, 0) is 32.6 Å². The van der Waals surface area contributed by atoms with Crippen molar-refractivity contribution in [2.75, 3.05) is 30.6 Å². The van der Waals surface area contributed by atoms with E-state index in [1.807, 2.05) is 30.3 Å². The number of hydrogen-bond acceptors (Lipinski definition) is 6. The third-order valence-corrected chi connectivity index (χ3v) is 9.83. The highest BCUT2D eigenvalue weighted by Gasteiger charge is 2.35. The second-order valence-electron chi connectivity index (χ2n) is 10.7. The summed E-state index contributed by atoms with van der Waals surface area (Å²) in [4.78, 5) is 29.2. The van der Waals surface area contributed by atoms with Gasteiger partial charge in [-0.15, -0.1) is 0 Å². The summed E-state index contributed by atoms with van der Waals surface area (Å²) in [6, 6.07) is 21.8. The van der Waals surface area contributed by atoms with Crippen molar-refractivity contribution < 1.29 is 31.9 Å². The highest BCUT2D eigenvalue weighted by atomic mass is 35.5. The Balaban J connectivity index is 1.58. The van der Waals surface area contributed by atoms with E-state index in [0.29, 0.717) is 29.5 Å². The van der Waals surface area contributed by atoms with E-state index in [1.54, 1.807) is 19.1 Å². The monoisotopic (exact) mass is 699 g/mol. The molecule has 1 aliphatic heterocycles. The molecule has 246 valence electrons. The minimum Gasteiger partial charge on any atom is -0.486 e. The summed E-state index contributed by atoms with van der Waals surface area (Å²) in [7, 11) is -4.45. The van der Waals surface area contributed by atoms with Gasteiger partial charge in [-0.1, -0.05) is 59.6 Å². The molecule has 0 bridgehead atoms. The van der Waals surface area contributed by atoms with Crippen LogP contribution in [-0.4, -0.2) is 57.5 Å². The molecular formula is C34H32Cl2FN3O6S. The van der Waals surface area contributed by atoms with Gasteiger partial charge in [-0.05, 0) is 66.6 Å². The number of anilines is 1. The quantitative estimate of drug-likeness (QED) is 0.198. The minimum absolute atomic E-state index is 0.0386. The molecule has 0 saturated carbocycles. The zero-order valence-corrected chi connectivity index (χ0v) is 27.7. The Morgan fingerprint density at radius 2 is 1.62 bits per heavy atom. The maximum atomic E-state index is 14.5. The molecule has 1 atom stereocenters. The molecule has 0 fully saturated rings. The smallest absolute Gasteiger partial charge is 0.264 e. The average Bonchev–Trinajstić information content (AvgIpc) is 3.06. The van der Waals surface area contributed by atoms with Crippen LogP contribution in [0.2, 0.25) is 10.0 Å². The van der Waals surface area contributed by atoms with Gasteiger partial charge in [0.25, 0.3) is 10.0 Å². The first-order chi connectivity index (χ1) is 22.6. The number of hydrogen-bond donors (Lipinski definition) is 1. The maximum Gasteiger partial charge on any atom is 0.264 e. The number of sulfonamides is 1. The van der Waals surface area contributed by atoms with Crippen molar-refractivity contribution in [2.24, 2.45) is 0 Å². The minimum atomic E-state index is -4.45. The van der Waals surface area contributed by atoms with E-state index in [4.69, 9.17) is 32.7 Å². The van der Waals surface area contributed by atoms with Gasteiger partial charge in [0.05, 0.1) is 10.6 Å². The van der Waals surface area contributed by atoms with Crippen LogP contribution in [0.25, 0.3) is 0 Å². The van der Waals surface area contributed by atoms with Crippen LogP contribution in [0.3, 0.4) is 0 Å². The lowest BCUT2D eigenvalue weighted by Crippen LogP contribution is -2.53. The van der Waals surface area contributed by atoms with Crippen molar-refractivity contribution in [1.82, 2.24) is 10.2 Å². The van der Waals surface area contributed by atoms with Gasteiger partial charge in [0.15, 0.2) is 11.5 Å². The topological polar surface area (TPSA) is 105 Å². The fourth-order valence-electron chi connectivity index (χ4n) is 5.13. The summed E-state index contributed by atoms with van der Waals surface area (Å²) in [5.74, 6) is -1.10. The fourth-order valence-corrected chi connectivity index (χ4v) is 7.03. The molecule has 0 spiro atoms. The molecule has 0 unspecified atom stereocenters. The standard InChI is InChI=1S/C34H32Cl2FN3O6S/c1-2-38-34(42)30(18-23-6-4-3-5-7-23)39(21-24-8-9-25(35)19-29(24)36)33(41)22-40(27-12-10-26(37)11-13-27)47(43,44)28-14-15-31-32(20-28)46-17-16-45-31/h3-15,19-20,30H,2,16-18,21-22H2,1H3,(H,38,42)/t30-/m0/s1. The maximum absolute atomic E-state index is 14.5. The van der Waals surface area contributed by atoms with Crippen LogP contribution >= 0.6 is 23.2 Å². The van der Waals surface area contributed by atoms with Crippen LogP contribution in [0.15, 0.2) is 95.9 Å². The Bertz CT molecular complexity index is 1840. The van der Waals surface area contributed by atoms with Crippen LogP contribution in [0, 0.1) is 5.82 Å². The predicted molar refractivity (Wildman–Crippen MR) is 178 cm³/mol. The zero-order valence-electron chi connectivity index (χ0n) is 25.4. The molecule has 13 heteroatoms. The molecule has 0 aromatic heterocycles. The largest absolute Gasteiger partial charge is 0.486 e. The summed E-state index contributed by atoms with van der Waals surface area (Å²) in [6.45, 7) is 1.76. The molecule has 47 heavy (non-hydrogen) atoms. The van der Waals surface area contributed by atoms with Crippen molar-refractivity contribution in [3.8, 4) is 11.5 Å². The van der Waals surface area contributed by atoms with Gasteiger partial charge in [0.2, 0.25) is 11.8 Å². The number of amides is 2. The summed E-state index contributed by atoms with van der Waals surface area (Å²) >= 11 is 12.7. The molecule has 1 N–H and O–H groups in total. The predicted octanol–water partition coefficient (Wildman–Crippen LogP) is 5.88. The Labute approximate surface area is 282 Å². The normalized spacial score (nSPS) is 13.0. The Morgan fingerprint density at radius 1 is 0.915 bits per heavy atom. The van der Waals surface area contributed by atoms with Gasteiger partial charge in [-0.3, -0.25) is 13.9 Å². The summed E-state index contributed by atoms with van der Waals surface area (Å²) in [5.41, 5.74) is 1.31. The highest BCUT2D eigenvalue weighted by molar-refractivity contribution is 7.92. The average molecular weight is 701 g/mol. The van der Waals surface area contributed by atoms with Gasteiger partial charge >= 0.3 is 0 Å². The van der Waals surface area contributed by atoms with E-state index >= 15 is 0 Å². The van der Waals surface area contributed by atoms with Crippen LogP contribution < -0.4 is 19.1 Å². The third kappa shape index (κ3) is 8.16. The zero-order chi connectivity index (χ0) is 33.6. The van der Waals surface area contributed by atoms with Gasteiger partial charge in [-0.2, -0.15) is 0 Å². The second kappa shape index (κ2) is 15.1. The summed E-state index contributed by atoms with van der Waals surface area (Å²) in [6.07, 6.45) is 0.134. The van der Waals surface area contributed by atoms with E-state index in [1.165, 1.54) is 41.3 Å². The summed E-state index contributed by atoms with van der Waals surface area (Å²) < 4.78 is 54.5. The van der Waals surface area contributed by atoms with Gasteiger partial charge in [0.1, 0.15) is 31.6 Å². The molecule has 0 radical (unpaired) electrons. The lowest BCUT2D eigenvalue weighted by Gasteiger charge is -2.34. The third-order valence-electron chi connectivity index (χ3n) is 7.47. The van der Waals surface area contributed by atoms with E-state index in [-0.39, 0.29) is 40.9 Å². The van der Waals surface area contributed by atoms with Crippen LogP contribution in [0.4, 0.5) is 10.1 Å². The molecule has 9 nitrogen and oxygen atoms in total. The van der Waals surface area contributed by atoms with Crippen molar-refractivity contribution in [1.29, 1.82) is 0 Å². The number of likely N-dealkylation sites (N-methyl/N-ethyl adjacent to an activating group) is 1. The SMILES string of the molecule is CCNC(=O)[C@H](Cc1ccccc1)N(Cc1ccc(Cl)cc1Cl)C(=O)CN(c1ccc(F)cc1)S(=O)(=O)c1ccc2c(c1)OCCO2. The first kappa shape index (κ1) is 34.0. The number of halogens is 3. The molecule has 0 saturated heterocycles. The molecule has 0 aliphatic carbocycles. The number of carbonyl (C=O) groups is 2. The number of fused-ring (bicyclic) bond motifs is 1. The van der Waals surface area contributed by atoms with Crippen LogP contribution in [0.1, 0.15) is 18.1 Å². The first-order valence-corrected chi connectivity index (χ1v) is 17.0. The number of benzene rings is 4. The van der Waals surface area contributed by atoms with E-state index < -0.39 is 40.2 Å². The van der Waals surface area contributed by atoms with Crippen molar-refractivity contribution in [3.63, 3.8) is 0 Å². The number of nitrogens with one attached hydrogen (secondary N) is 1. The van der Waals surface area contributed by atoms with Gasteiger partial charge in [0, 0.05) is 35.6 Å². The highest BCUT2D eigenvalue weighted by Crippen LogP contribution is 2.34. The van der Waals surface area contributed by atoms with E-state index in [0.717, 1.165) is 22.0 Å². The lowest BCUT2D eigenvalue weighted by atomic mass is 10.0. The molecule has 4 aromatic carbocycles. The molecule has 1 aliphatic rings. The number of nitrogens with zero attached hydrogens (tertiary/aromatic N) is 2. The van der Waals surface area contributed by atoms with Crippen molar-refractivity contribution in [2.45, 2.75) is 30.8 Å². The van der Waals surface area contributed by atoms with Gasteiger partial charge in [-0.25, -0.2) is 12.8 Å². The van der Waals surface area contributed by atoms with E-state index in [2.05, 4.69) is 5.32 Å². The Kier molecular flexibility index (Phi) is 10.9. The second-order valence-corrected chi connectivity index (χ2v) is 13.4. The first-order valence-electron chi connectivity index (χ1n) is 14.8. The van der Waals surface area contributed by atoms with Crippen LogP contribution in [0.5, 0.6) is 11.5 Å². The van der Waals surface area contributed by atoms with Crippen molar-refractivity contribution in [3.05, 3.63) is 118 Å². The Hall–Kier alpha value is -4.32. The van der Waals surface area contributed by atoms with E-state index in [9.17, 15) is 22.4 Å². The molecule has 5 rings (SSSR count). The summed E-state index contributed by atoms with van der Waals surface area (Å²) in [5, 5.41) is 3.45. The van der Waals surface area contributed by atoms with Gasteiger partial charge < -0.3 is 19.7 Å². The van der Waals surface area contributed by atoms with Crippen molar-refractivity contribution >= 4 is 50.7 Å². The number of ether oxygens (including phenoxy) is 2. The molecule has 4 aromatic rings. The lowest BCUT2D eigenvalue weighted by molar-refractivity contribution is -0.140. The number of rotatable bonds is 12. The molecular weight excluding hydrogens is 668 g/mol. The Morgan fingerprint density at radius 3 is 2.30 bits per heavy atom. The number of carbonyl (C=O) groups excluding carboxylic acids is 2.